The third kappa shape index (κ3) is 5.30. The van der Waals surface area contributed by atoms with Crippen LogP contribution >= 0.6 is 0 Å². The highest BCUT2D eigenvalue weighted by atomic mass is 16.5. The molecule has 1 N–H and O–H groups in total. The van der Waals surface area contributed by atoms with E-state index in [0.29, 0.717) is 29.4 Å². The van der Waals surface area contributed by atoms with Crippen LogP contribution in [0, 0.1) is 0 Å². The van der Waals surface area contributed by atoms with Gasteiger partial charge < -0.3 is 14.8 Å². The third-order valence-corrected chi connectivity index (χ3v) is 3.71. The smallest absolute Gasteiger partial charge is 0.259 e. The molecule has 0 saturated heterocycles. The van der Waals surface area contributed by atoms with Gasteiger partial charge >= 0.3 is 0 Å². The predicted octanol–water partition coefficient (Wildman–Crippen LogP) is 4.91. The van der Waals surface area contributed by atoms with Gasteiger partial charge in [0, 0.05) is 11.8 Å². The van der Waals surface area contributed by atoms with Crippen molar-refractivity contribution in [2.24, 2.45) is 0 Å². The van der Waals surface area contributed by atoms with E-state index in [4.69, 9.17) is 9.47 Å². The predicted molar refractivity (Wildman–Crippen MR) is 97.0 cm³/mol. The van der Waals surface area contributed by atoms with E-state index in [9.17, 15) is 4.79 Å². The maximum absolute atomic E-state index is 12.5. The standard InChI is InChI=1S/C20H25NO3/c1-3-4-5-8-14-24-19-13-7-6-12-18(19)20(22)21-16-10-9-11-17(15-16)23-2/h6-7,9-13,15H,3-5,8,14H2,1-2H3,(H,21,22). The molecule has 0 aliphatic heterocycles. The number of anilines is 1. The second kappa shape index (κ2) is 9.60. The van der Waals surface area contributed by atoms with Crippen LogP contribution in [-0.4, -0.2) is 19.6 Å². The fourth-order valence-electron chi connectivity index (χ4n) is 2.39. The summed E-state index contributed by atoms with van der Waals surface area (Å²) in [5.41, 5.74) is 1.23. The topological polar surface area (TPSA) is 47.6 Å². The molecule has 0 aliphatic carbocycles. The summed E-state index contributed by atoms with van der Waals surface area (Å²) < 4.78 is 11.0. The van der Waals surface area contributed by atoms with Crippen LogP contribution in [-0.2, 0) is 0 Å². The van der Waals surface area contributed by atoms with Crippen molar-refractivity contribution < 1.29 is 14.3 Å². The molecule has 2 aromatic rings. The molecule has 4 heteroatoms. The van der Waals surface area contributed by atoms with Crippen LogP contribution in [0.2, 0.25) is 0 Å². The molecule has 1 amide bonds. The molecule has 128 valence electrons. The van der Waals surface area contributed by atoms with Gasteiger partial charge in [0.1, 0.15) is 11.5 Å². The normalized spacial score (nSPS) is 10.2. The van der Waals surface area contributed by atoms with Crippen LogP contribution in [0.15, 0.2) is 48.5 Å². The van der Waals surface area contributed by atoms with Crippen molar-refractivity contribution in [1.29, 1.82) is 0 Å². The highest BCUT2D eigenvalue weighted by Gasteiger charge is 2.12. The molecule has 0 aliphatic rings. The molecule has 24 heavy (non-hydrogen) atoms. The molecule has 0 bridgehead atoms. The Balaban J connectivity index is 2.00. The summed E-state index contributed by atoms with van der Waals surface area (Å²) >= 11 is 0. The Hall–Kier alpha value is -2.49. The SMILES string of the molecule is CCCCCCOc1ccccc1C(=O)Nc1cccc(OC)c1. The lowest BCUT2D eigenvalue weighted by Crippen LogP contribution is -2.14. The number of carbonyl (C=O) groups excluding carboxylic acids is 1. The zero-order valence-electron chi connectivity index (χ0n) is 14.4. The lowest BCUT2D eigenvalue weighted by molar-refractivity contribution is 0.102. The lowest BCUT2D eigenvalue weighted by Gasteiger charge is -2.12. The van der Waals surface area contributed by atoms with E-state index in [-0.39, 0.29) is 5.91 Å². The Bertz CT molecular complexity index is 655. The number of rotatable bonds is 9. The monoisotopic (exact) mass is 327 g/mol. The van der Waals surface area contributed by atoms with Gasteiger partial charge in [0.05, 0.1) is 19.3 Å². The van der Waals surface area contributed by atoms with Crippen molar-refractivity contribution in [2.45, 2.75) is 32.6 Å². The molecule has 2 aromatic carbocycles. The Labute approximate surface area is 143 Å². The Morgan fingerprint density at radius 2 is 1.88 bits per heavy atom. The molecule has 0 unspecified atom stereocenters. The molecular formula is C20H25NO3. The molecule has 0 spiro atoms. The molecule has 0 aromatic heterocycles. The van der Waals surface area contributed by atoms with Gasteiger partial charge in [-0.05, 0) is 30.7 Å². The molecule has 0 atom stereocenters. The largest absolute Gasteiger partial charge is 0.497 e. The lowest BCUT2D eigenvalue weighted by atomic mass is 10.1. The minimum atomic E-state index is -0.188. The number of para-hydroxylation sites is 1. The van der Waals surface area contributed by atoms with Crippen LogP contribution in [0.1, 0.15) is 43.0 Å². The molecule has 4 nitrogen and oxygen atoms in total. The van der Waals surface area contributed by atoms with Crippen LogP contribution in [0.3, 0.4) is 0 Å². The molecular weight excluding hydrogens is 302 g/mol. The van der Waals surface area contributed by atoms with Crippen molar-refractivity contribution in [3.05, 3.63) is 54.1 Å². The molecule has 0 radical (unpaired) electrons. The van der Waals surface area contributed by atoms with Crippen LogP contribution in [0.4, 0.5) is 5.69 Å². The fraction of sp³-hybridized carbons (Fsp3) is 0.350. The summed E-state index contributed by atoms with van der Waals surface area (Å²) in [5.74, 6) is 1.13. The van der Waals surface area contributed by atoms with Gasteiger partial charge in [0.25, 0.3) is 5.91 Å². The molecule has 0 saturated carbocycles. The van der Waals surface area contributed by atoms with Crippen LogP contribution < -0.4 is 14.8 Å². The van der Waals surface area contributed by atoms with E-state index in [1.807, 2.05) is 36.4 Å². The zero-order chi connectivity index (χ0) is 17.2. The van der Waals surface area contributed by atoms with Gasteiger partial charge in [0.2, 0.25) is 0 Å². The molecule has 2 rings (SSSR count). The summed E-state index contributed by atoms with van der Waals surface area (Å²) in [7, 11) is 1.60. The minimum absolute atomic E-state index is 0.188. The second-order valence-electron chi connectivity index (χ2n) is 5.59. The number of hydrogen-bond acceptors (Lipinski definition) is 3. The minimum Gasteiger partial charge on any atom is -0.497 e. The quantitative estimate of drug-likeness (QED) is 0.666. The number of hydrogen-bond donors (Lipinski definition) is 1. The van der Waals surface area contributed by atoms with Crippen molar-refractivity contribution in [3.63, 3.8) is 0 Å². The van der Waals surface area contributed by atoms with E-state index in [1.165, 1.54) is 12.8 Å². The van der Waals surface area contributed by atoms with Crippen molar-refractivity contribution in [3.8, 4) is 11.5 Å². The Morgan fingerprint density at radius 3 is 2.67 bits per heavy atom. The number of nitrogens with one attached hydrogen (secondary N) is 1. The zero-order valence-corrected chi connectivity index (χ0v) is 14.4. The van der Waals surface area contributed by atoms with Gasteiger partial charge in [0.15, 0.2) is 0 Å². The number of unbranched alkanes of at least 4 members (excludes halogenated alkanes) is 3. The van der Waals surface area contributed by atoms with E-state index in [1.54, 1.807) is 19.2 Å². The number of methoxy groups -OCH3 is 1. The van der Waals surface area contributed by atoms with Crippen LogP contribution in [0.25, 0.3) is 0 Å². The number of benzene rings is 2. The summed E-state index contributed by atoms with van der Waals surface area (Å²) in [4.78, 5) is 12.5. The van der Waals surface area contributed by atoms with Gasteiger partial charge in [-0.1, -0.05) is 44.4 Å². The van der Waals surface area contributed by atoms with Gasteiger partial charge in [-0.15, -0.1) is 0 Å². The van der Waals surface area contributed by atoms with Gasteiger partial charge in [-0.3, -0.25) is 4.79 Å². The first-order valence-electron chi connectivity index (χ1n) is 8.42. The first kappa shape index (κ1) is 17.9. The van der Waals surface area contributed by atoms with Crippen molar-refractivity contribution in [2.75, 3.05) is 19.0 Å². The van der Waals surface area contributed by atoms with E-state index in [0.717, 1.165) is 12.8 Å². The first-order chi connectivity index (χ1) is 11.7. The number of ether oxygens (including phenoxy) is 2. The second-order valence-corrected chi connectivity index (χ2v) is 5.59. The van der Waals surface area contributed by atoms with E-state index >= 15 is 0 Å². The average molecular weight is 327 g/mol. The van der Waals surface area contributed by atoms with Gasteiger partial charge in [-0.25, -0.2) is 0 Å². The maximum atomic E-state index is 12.5. The Morgan fingerprint density at radius 1 is 1.04 bits per heavy atom. The van der Waals surface area contributed by atoms with Crippen molar-refractivity contribution in [1.82, 2.24) is 0 Å². The third-order valence-electron chi connectivity index (χ3n) is 3.71. The first-order valence-corrected chi connectivity index (χ1v) is 8.42. The number of carbonyl (C=O) groups is 1. The summed E-state index contributed by atoms with van der Waals surface area (Å²) in [6.07, 6.45) is 4.55. The summed E-state index contributed by atoms with van der Waals surface area (Å²) in [6.45, 7) is 2.81. The Kier molecular flexibility index (Phi) is 7.15. The van der Waals surface area contributed by atoms with Crippen molar-refractivity contribution >= 4 is 11.6 Å². The summed E-state index contributed by atoms with van der Waals surface area (Å²) in [6, 6.07) is 14.6. The molecule has 0 heterocycles. The van der Waals surface area contributed by atoms with E-state index < -0.39 is 0 Å². The average Bonchev–Trinajstić information content (AvgIpc) is 2.62. The fourth-order valence-corrected chi connectivity index (χ4v) is 2.39. The van der Waals surface area contributed by atoms with Gasteiger partial charge in [-0.2, -0.15) is 0 Å². The highest BCUT2D eigenvalue weighted by Crippen LogP contribution is 2.22. The van der Waals surface area contributed by atoms with Crippen LogP contribution in [0.5, 0.6) is 11.5 Å². The van der Waals surface area contributed by atoms with E-state index in [2.05, 4.69) is 12.2 Å². The summed E-state index contributed by atoms with van der Waals surface area (Å²) in [5, 5.41) is 2.89. The maximum Gasteiger partial charge on any atom is 0.259 e. The number of amides is 1. The highest BCUT2D eigenvalue weighted by molar-refractivity contribution is 6.06. The molecule has 0 fully saturated rings.